The van der Waals surface area contributed by atoms with Gasteiger partial charge in [-0.25, -0.2) is 9.59 Å². The van der Waals surface area contributed by atoms with Crippen molar-refractivity contribution in [2.24, 2.45) is 0 Å². The number of carboxylic acid groups (broad SMARTS) is 2. The van der Waals surface area contributed by atoms with E-state index in [1.54, 1.807) is 6.07 Å². The van der Waals surface area contributed by atoms with Crippen LogP contribution in [-0.4, -0.2) is 102 Å². The van der Waals surface area contributed by atoms with Crippen molar-refractivity contribution < 1.29 is 65.6 Å². The van der Waals surface area contributed by atoms with E-state index in [0.717, 1.165) is 37.9 Å². The van der Waals surface area contributed by atoms with E-state index >= 15 is 0 Å². The van der Waals surface area contributed by atoms with Gasteiger partial charge in [0.25, 0.3) is 5.91 Å². The summed E-state index contributed by atoms with van der Waals surface area (Å²) in [4.78, 5) is 44.8. The molecule has 4 rings (SSSR count). The number of carboxylic acids is 2. The summed E-state index contributed by atoms with van der Waals surface area (Å²) in [6.45, 7) is 3.66. The third kappa shape index (κ3) is 16.2. The van der Waals surface area contributed by atoms with Crippen molar-refractivity contribution in [2.75, 3.05) is 44.6 Å². The fraction of sp³-hybridized carbons (Fsp3) is 0.529. The number of aliphatic carboxylic acids is 2. The summed E-state index contributed by atoms with van der Waals surface area (Å²) in [6, 6.07) is 14.2. The van der Waals surface area contributed by atoms with Crippen LogP contribution in [0.1, 0.15) is 56.1 Å². The van der Waals surface area contributed by atoms with Crippen molar-refractivity contribution >= 4 is 29.4 Å². The van der Waals surface area contributed by atoms with Gasteiger partial charge in [0.05, 0.1) is 0 Å². The van der Waals surface area contributed by atoms with Crippen molar-refractivity contribution in [3.63, 3.8) is 0 Å². The normalized spacial score (nSPS) is 14.5. The maximum Gasteiger partial charge on any atom is 0.490 e. The van der Waals surface area contributed by atoms with E-state index in [1.165, 1.54) is 31.2 Å². The zero-order valence-electron chi connectivity index (χ0n) is 28.3. The molecule has 0 saturated heterocycles. The first kappa shape index (κ1) is 43.6. The van der Waals surface area contributed by atoms with E-state index in [4.69, 9.17) is 24.5 Å². The van der Waals surface area contributed by atoms with E-state index < -0.39 is 24.3 Å². The topological polar surface area (TPSA) is 178 Å². The number of hydrogen-bond acceptors (Lipinski definition) is 8. The molecule has 2 aliphatic rings. The molecule has 12 nitrogen and oxygen atoms in total. The predicted molar refractivity (Wildman–Crippen MR) is 177 cm³/mol. The van der Waals surface area contributed by atoms with Crippen molar-refractivity contribution in [2.45, 2.75) is 76.2 Å². The Kier molecular flexibility index (Phi) is 18.2. The second kappa shape index (κ2) is 21.7. The molecule has 0 aromatic heterocycles. The monoisotopic (exact) mass is 750 g/mol. The number of phenols is 1. The van der Waals surface area contributed by atoms with Gasteiger partial charge < -0.3 is 40.9 Å². The van der Waals surface area contributed by atoms with Gasteiger partial charge in [-0.15, -0.1) is 0 Å². The number of nitrogens with one attached hydrogen (secondary N) is 3. The Bertz CT molecular complexity index is 1410. The molecule has 0 spiro atoms. The maximum atomic E-state index is 13.3. The first-order valence-electron chi connectivity index (χ1n) is 16.6. The number of rotatable bonds is 13. The highest BCUT2D eigenvalue weighted by molar-refractivity contribution is 5.97. The average molecular weight is 751 g/mol. The standard InChI is InChI=1S/C30H42N4O4.2C2HF3O2/c35-26-13-12-24(30-29(26)33-27(36)22-38-30)15-18-32-20-21-34(25-10-6-1-2-7-11-25)28(37)16-19-31-17-14-23-8-4-3-5-9-23;2*3-2(4,5)1(6)7/h3-5,8-9,12-13,25,31-32,35H,1-2,6-7,10-11,14-22H2,(H,33,36);2*(H,6,7). The number of hydrogen-bond donors (Lipinski definition) is 6. The quantitative estimate of drug-likeness (QED) is 0.0715. The van der Waals surface area contributed by atoms with Gasteiger partial charge in [0.1, 0.15) is 11.4 Å². The first-order valence-corrected chi connectivity index (χ1v) is 16.6. The lowest BCUT2D eigenvalue weighted by Gasteiger charge is -2.32. The number of aromatic hydroxyl groups is 1. The molecule has 0 atom stereocenters. The van der Waals surface area contributed by atoms with Crippen LogP contribution in [0.5, 0.6) is 11.5 Å². The largest absolute Gasteiger partial charge is 0.506 e. The minimum absolute atomic E-state index is 0.0110. The van der Waals surface area contributed by atoms with Crippen molar-refractivity contribution in [1.82, 2.24) is 15.5 Å². The second-order valence-corrected chi connectivity index (χ2v) is 11.9. The molecule has 1 aliphatic heterocycles. The SMILES string of the molecule is O=C(O)C(F)(F)F.O=C(O)C(F)(F)F.O=C1COc2c(CCNCCN(C(=O)CCNCCc3ccccc3)C3CCCCCC3)ccc(O)c2N1. The van der Waals surface area contributed by atoms with Gasteiger partial charge in [0.2, 0.25) is 5.91 Å². The molecule has 2 amide bonds. The van der Waals surface area contributed by atoms with Gasteiger partial charge in [-0.3, -0.25) is 9.59 Å². The number of phenolic OH excluding ortho intramolecular Hbond substituents is 1. The van der Waals surface area contributed by atoms with E-state index in [9.17, 15) is 41.0 Å². The minimum Gasteiger partial charge on any atom is -0.506 e. The molecule has 0 bridgehead atoms. The summed E-state index contributed by atoms with van der Waals surface area (Å²) in [5, 5.41) is 33.9. The molecule has 0 radical (unpaired) electrons. The van der Waals surface area contributed by atoms with Gasteiger partial charge >= 0.3 is 24.3 Å². The smallest absolute Gasteiger partial charge is 0.490 e. The molecule has 1 heterocycles. The third-order valence-corrected chi connectivity index (χ3v) is 7.95. The van der Waals surface area contributed by atoms with Crippen LogP contribution in [0.3, 0.4) is 0 Å². The molecule has 52 heavy (non-hydrogen) atoms. The van der Waals surface area contributed by atoms with Crippen LogP contribution >= 0.6 is 0 Å². The number of fused-ring (bicyclic) bond motifs is 1. The Morgan fingerprint density at radius 3 is 1.94 bits per heavy atom. The molecular weight excluding hydrogens is 706 g/mol. The first-order chi connectivity index (χ1) is 24.5. The van der Waals surface area contributed by atoms with Crippen LogP contribution in [0.4, 0.5) is 32.0 Å². The van der Waals surface area contributed by atoms with Crippen molar-refractivity contribution in [1.29, 1.82) is 0 Å². The number of carbonyl (C=O) groups excluding carboxylic acids is 2. The molecule has 18 heteroatoms. The fourth-order valence-electron chi connectivity index (χ4n) is 5.38. The van der Waals surface area contributed by atoms with Crippen LogP contribution in [0, 0.1) is 0 Å². The molecule has 1 saturated carbocycles. The lowest BCUT2D eigenvalue weighted by molar-refractivity contribution is -0.193. The lowest BCUT2D eigenvalue weighted by atomic mass is 10.1. The van der Waals surface area contributed by atoms with E-state index in [-0.39, 0.29) is 24.2 Å². The van der Waals surface area contributed by atoms with Gasteiger partial charge in [-0.1, -0.05) is 62.1 Å². The number of benzene rings is 2. The summed E-state index contributed by atoms with van der Waals surface area (Å²) in [5.74, 6) is -4.99. The Morgan fingerprint density at radius 1 is 0.808 bits per heavy atom. The number of alkyl halides is 6. The Morgan fingerprint density at radius 2 is 1.37 bits per heavy atom. The van der Waals surface area contributed by atoms with E-state index in [1.807, 2.05) is 12.1 Å². The summed E-state index contributed by atoms with van der Waals surface area (Å²) in [7, 11) is 0. The highest BCUT2D eigenvalue weighted by Gasteiger charge is 2.39. The lowest BCUT2D eigenvalue weighted by Crippen LogP contribution is -2.45. The van der Waals surface area contributed by atoms with Crippen LogP contribution in [0.2, 0.25) is 0 Å². The molecule has 2 aromatic carbocycles. The number of amides is 2. The predicted octanol–water partition coefficient (Wildman–Crippen LogP) is 4.90. The van der Waals surface area contributed by atoms with Gasteiger partial charge in [-0.05, 0) is 56.0 Å². The fourth-order valence-corrected chi connectivity index (χ4v) is 5.38. The summed E-state index contributed by atoms with van der Waals surface area (Å²) < 4.78 is 69.1. The molecule has 6 N–H and O–H groups in total. The Hall–Kier alpha value is -4.58. The third-order valence-electron chi connectivity index (χ3n) is 7.95. The van der Waals surface area contributed by atoms with Crippen LogP contribution < -0.4 is 20.7 Å². The Labute approximate surface area is 296 Å². The van der Waals surface area contributed by atoms with Gasteiger partial charge in [0, 0.05) is 32.1 Å². The van der Waals surface area contributed by atoms with Gasteiger partial charge in [-0.2, -0.15) is 26.3 Å². The number of carbonyl (C=O) groups is 4. The molecule has 1 aliphatic carbocycles. The summed E-state index contributed by atoms with van der Waals surface area (Å²) >= 11 is 0. The summed E-state index contributed by atoms with van der Waals surface area (Å²) in [5.41, 5.74) is 2.59. The summed E-state index contributed by atoms with van der Waals surface area (Å²) in [6.07, 6.45) is -0.887. The number of halogens is 6. The van der Waals surface area contributed by atoms with E-state index in [2.05, 4.69) is 45.1 Å². The number of ether oxygens (including phenoxy) is 1. The molecule has 0 unspecified atom stereocenters. The van der Waals surface area contributed by atoms with Crippen LogP contribution in [0.15, 0.2) is 42.5 Å². The zero-order chi connectivity index (χ0) is 38.7. The van der Waals surface area contributed by atoms with Crippen LogP contribution in [0.25, 0.3) is 0 Å². The highest BCUT2D eigenvalue weighted by Crippen LogP contribution is 2.39. The highest BCUT2D eigenvalue weighted by atomic mass is 19.4. The zero-order valence-corrected chi connectivity index (χ0v) is 28.3. The molecular formula is C34H44F6N4O8. The molecule has 1 fully saturated rings. The van der Waals surface area contributed by atoms with Crippen molar-refractivity contribution in [3.8, 4) is 11.5 Å². The maximum absolute atomic E-state index is 13.3. The second-order valence-electron chi connectivity index (χ2n) is 11.9. The van der Waals surface area contributed by atoms with Gasteiger partial charge in [0.15, 0.2) is 12.4 Å². The minimum atomic E-state index is -5.08. The average Bonchev–Trinajstić information content (AvgIpc) is 3.37. The molecule has 2 aromatic rings. The van der Waals surface area contributed by atoms with Crippen LogP contribution in [-0.2, 0) is 32.0 Å². The number of anilines is 1. The van der Waals surface area contributed by atoms with E-state index in [0.29, 0.717) is 50.0 Å². The van der Waals surface area contributed by atoms with Crippen molar-refractivity contribution in [3.05, 3.63) is 53.6 Å². The Balaban J connectivity index is 0.000000564. The number of nitrogens with zero attached hydrogens (tertiary/aromatic N) is 1. The molecule has 290 valence electrons.